The number of benzene rings is 1. The number of para-hydroxylation sites is 1. The second-order valence-corrected chi connectivity index (χ2v) is 4.20. The van der Waals surface area contributed by atoms with Gasteiger partial charge in [-0.05, 0) is 38.4 Å². The van der Waals surface area contributed by atoms with Crippen molar-refractivity contribution in [2.45, 2.75) is 26.3 Å². The number of primary amides is 1. The number of aryl methyl sites for hydroxylation is 1. The van der Waals surface area contributed by atoms with Crippen molar-refractivity contribution in [3.05, 3.63) is 29.8 Å². The van der Waals surface area contributed by atoms with Gasteiger partial charge in [-0.3, -0.25) is 4.79 Å². The van der Waals surface area contributed by atoms with Gasteiger partial charge in [0.2, 0.25) is 5.91 Å². The third-order valence-corrected chi connectivity index (χ3v) is 2.91. The Labute approximate surface area is 103 Å². The molecule has 0 spiro atoms. The molecule has 0 saturated carbocycles. The van der Waals surface area contributed by atoms with E-state index in [0.717, 1.165) is 24.2 Å². The second kappa shape index (κ2) is 6.25. The van der Waals surface area contributed by atoms with Crippen LogP contribution in [0.4, 0.5) is 5.69 Å². The van der Waals surface area contributed by atoms with Crippen molar-refractivity contribution < 1.29 is 4.79 Å². The minimum Gasteiger partial charge on any atom is -0.368 e. The molecule has 1 unspecified atom stereocenters. The molecule has 0 radical (unpaired) electrons. The van der Waals surface area contributed by atoms with Crippen LogP contribution in [0.25, 0.3) is 0 Å². The molecule has 4 heteroatoms. The van der Waals surface area contributed by atoms with Crippen LogP contribution in [-0.4, -0.2) is 25.0 Å². The Bertz CT molecular complexity index is 379. The largest absolute Gasteiger partial charge is 0.368 e. The highest BCUT2D eigenvalue weighted by atomic mass is 16.1. The Morgan fingerprint density at radius 2 is 2.06 bits per heavy atom. The molecule has 0 aliphatic carbocycles. The molecule has 0 aliphatic rings. The number of hydrogen-bond donors (Lipinski definition) is 2. The molecule has 1 atom stereocenters. The highest BCUT2D eigenvalue weighted by molar-refractivity contribution is 5.83. The molecule has 0 heterocycles. The van der Waals surface area contributed by atoms with E-state index in [4.69, 9.17) is 11.5 Å². The lowest BCUT2D eigenvalue weighted by atomic mass is 10.1. The van der Waals surface area contributed by atoms with Gasteiger partial charge in [0.25, 0.3) is 0 Å². The van der Waals surface area contributed by atoms with Crippen molar-refractivity contribution in [3.8, 4) is 0 Å². The maximum atomic E-state index is 11.3. The van der Waals surface area contributed by atoms with Gasteiger partial charge in [0.05, 0.1) is 0 Å². The number of nitrogens with zero attached hydrogens (tertiary/aromatic N) is 1. The van der Waals surface area contributed by atoms with Crippen LogP contribution in [0.3, 0.4) is 0 Å². The fourth-order valence-corrected chi connectivity index (χ4v) is 1.82. The number of amides is 1. The SMILES string of the molecule is Cc1ccccc1N(CCCN)C(C)C(N)=O. The van der Waals surface area contributed by atoms with E-state index in [1.165, 1.54) is 0 Å². The predicted octanol–water partition coefficient (Wildman–Crippen LogP) is 1.02. The summed E-state index contributed by atoms with van der Waals surface area (Å²) in [5.41, 5.74) is 13.1. The van der Waals surface area contributed by atoms with Gasteiger partial charge in [-0.1, -0.05) is 18.2 Å². The number of hydrogen-bond acceptors (Lipinski definition) is 3. The minimum absolute atomic E-state index is 0.315. The lowest BCUT2D eigenvalue weighted by Gasteiger charge is -2.30. The average Bonchev–Trinajstić information content (AvgIpc) is 2.31. The van der Waals surface area contributed by atoms with Crippen molar-refractivity contribution >= 4 is 11.6 Å². The number of carbonyl (C=O) groups is 1. The van der Waals surface area contributed by atoms with Gasteiger partial charge in [0.15, 0.2) is 0 Å². The predicted molar refractivity (Wildman–Crippen MR) is 70.9 cm³/mol. The summed E-state index contributed by atoms with van der Waals surface area (Å²) in [6.45, 7) is 5.20. The Kier molecular flexibility index (Phi) is 4.97. The fourth-order valence-electron chi connectivity index (χ4n) is 1.82. The Hall–Kier alpha value is -1.55. The molecule has 1 aromatic rings. The van der Waals surface area contributed by atoms with Crippen molar-refractivity contribution in [2.24, 2.45) is 11.5 Å². The van der Waals surface area contributed by atoms with Crippen LogP contribution in [0.15, 0.2) is 24.3 Å². The lowest BCUT2D eigenvalue weighted by Crippen LogP contribution is -2.44. The lowest BCUT2D eigenvalue weighted by molar-refractivity contribution is -0.118. The van der Waals surface area contributed by atoms with Crippen LogP contribution in [-0.2, 0) is 4.79 Å². The zero-order valence-corrected chi connectivity index (χ0v) is 10.5. The van der Waals surface area contributed by atoms with Crippen LogP contribution in [0, 0.1) is 6.92 Å². The van der Waals surface area contributed by atoms with Crippen LogP contribution in [0.5, 0.6) is 0 Å². The first-order valence-corrected chi connectivity index (χ1v) is 5.89. The van der Waals surface area contributed by atoms with Gasteiger partial charge in [-0.15, -0.1) is 0 Å². The summed E-state index contributed by atoms with van der Waals surface area (Å²) in [6.07, 6.45) is 0.839. The average molecular weight is 235 g/mol. The van der Waals surface area contributed by atoms with E-state index in [1.807, 2.05) is 43.0 Å². The molecule has 0 aromatic heterocycles. The minimum atomic E-state index is -0.317. The van der Waals surface area contributed by atoms with Crippen LogP contribution in [0.1, 0.15) is 18.9 Å². The molecule has 0 aliphatic heterocycles. The number of nitrogens with two attached hydrogens (primary N) is 2. The molecule has 0 bridgehead atoms. The molecule has 1 aromatic carbocycles. The van der Waals surface area contributed by atoms with Gasteiger partial charge in [-0.25, -0.2) is 0 Å². The first kappa shape index (κ1) is 13.5. The molecule has 1 amide bonds. The van der Waals surface area contributed by atoms with E-state index < -0.39 is 0 Å². The zero-order valence-electron chi connectivity index (χ0n) is 10.5. The summed E-state index contributed by atoms with van der Waals surface area (Å²) in [5.74, 6) is -0.315. The molecule has 0 saturated heterocycles. The maximum absolute atomic E-state index is 11.3. The zero-order chi connectivity index (χ0) is 12.8. The Morgan fingerprint density at radius 1 is 1.41 bits per heavy atom. The summed E-state index contributed by atoms with van der Waals surface area (Å²) in [4.78, 5) is 13.4. The van der Waals surface area contributed by atoms with E-state index in [9.17, 15) is 4.79 Å². The summed E-state index contributed by atoms with van der Waals surface area (Å²) in [5, 5.41) is 0. The van der Waals surface area contributed by atoms with Gasteiger partial charge in [-0.2, -0.15) is 0 Å². The normalized spacial score (nSPS) is 12.2. The first-order chi connectivity index (χ1) is 8.07. The molecule has 4 nitrogen and oxygen atoms in total. The molecule has 17 heavy (non-hydrogen) atoms. The molecule has 4 N–H and O–H groups in total. The molecular weight excluding hydrogens is 214 g/mol. The summed E-state index contributed by atoms with van der Waals surface area (Å²) in [6, 6.07) is 7.66. The van der Waals surface area contributed by atoms with Crippen LogP contribution >= 0.6 is 0 Å². The maximum Gasteiger partial charge on any atom is 0.239 e. The molecular formula is C13H21N3O. The summed E-state index contributed by atoms with van der Waals surface area (Å²) < 4.78 is 0. The van der Waals surface area contributed by atoms with Gasteiger partial charge < -0.3 is 16.4 Å². The van der Waals surface area contributed by atoms with Crippen molar-refractivity contribution in [2.75, 3.05) is 18.0 Å². The monoisotopic (exact) mass is 235 g/mol. The topological polar surface area (TPSA) is 72.3 Å². The highest BCUT2D eigenvalue weighted by Gasteiger charge is 2.19. The first-order valence-electron chi connectivity index (χ1n) is 5.89. The van der Waals surface area contributed by atoms with Gasteiger partial charge in [0, 0.05) is 12.2 Å². The second-order valence-electron chi connectivity index (χ2n) is 4.20. The quantitative estimate of drug-likeness (QED) is 0.773. The van der Waals surface area contributed by atoms with E-state index in [1.54, 1.807) is 0 Å². The molecule has 0 fully saturated rings. The standard InChI is InChI=1S/C13H21N3O/c1-10-6-3-4-7-12(10)16(9-5-8-14)11(2)13(15)17/h3-4,6-7,11H,5,8-9,14H2,1-2H3,(H2,15,17). The Morgan fingerprint density at radius 3 is 2.59 bits per heavy atom. The van der Waals surface area contributed by atoms with E-state index in [0.29, 0.717) is 6.54 Å². The highest BCUT2D eigenvalue weighted by Crippen LogP contribution is 2.21. The third-order valence-electron chi connectivity index (χ3n) is 2.91. The Balaban J connectivity index is 2.97. The number of rotatable bonds is 6. The number of carbonyl (C=O) groups excluding carboxylic acids is 1. The molecule has 94 valence electrons. The summed E-state index contributed by atoms with van der Waals surface area (Å²) >= 11 is 0. The van der Waals surface area contributed by atoms with E-state index in [2.05, 4.69) is 0 Å². The van der Waals surface area contributed by atoms with Crippen LogP contribution < -0.4 is 16.4 Å². The smallest absolute Gasteiger partial charge is 0.239 e. The van der Waals surface area contributed by atoms with Crippen molar-refractivity contribution in [1.29, 1.82) is 0 Å². The van der Waals surface area contributed by atoms with Gasteiger partial charge in [0.1, 0.15) is 6.04 Å². The van der Waals surface area contributed by atoms with E-state index >= 15 is 0 Å². The third kappa shape index (κ3) is 3.46. The summed E-state index contributed by atoms with van der Waals surface area (Å²) in [7, 11) is 0. The van der Waals surface area contributed by atoms with E-state index in [-0.39, 0.29) is 11.9 Å². The number of anilines is 1. The fraction of sp³-hybridized carbons (Fsp3) is 0.462. The molecule has 1 rings (SSSR count). The van der Waals surface area contributed by atoms with Crippen molar-refractivity contribution in [3.63, 3.8) is 0 Å². The van der Waals surface area contributed by atoms with Gasteiger partial charge >= 0.3 is 0 Å². The van der Waals surface area contributed by atoms with Crippen molar-refractivity contribution in [1.82, 2.24) is 0 Å². The van der Waals surface area contributed by atoms with Crippen LogP contribution in [0.2, 0.25) is 0 Å².